The number of nitrogens with one attached hydrogen (secondary N) is 1. The van der Waals surface area contributed by atoms with E-state index in [4.69, 9.17) is 4.74 Å². The van der Waals surface area contributed by atoms with Crippen LogP contribution in [0.5, 0.6) is 11.5 Å². The van der Waals surface area contributed by atoms with Crippen molar-refractivity contribution < 1.29 is 4.74 Å². The predicted molar refractivity (Wildman–Crippen MR) is 81.0 cm³/mol. The van der Waals surface area contributed by atoms with Gasteiger partial charge in [-0.3, -0.25) is 0 Å². The van der Waals surface area contributed by atoms with Gasteiger partial charge in [-0.2, -0.15) is 0 Å². The maximum Gasteiger partial charge on any atom is 0.150 e. The van der Waals surface area contributed by atoms with Gasteiger partial charge < -0.3 is 10.1 Å². The third kappa shape index (κ3) is 3.75. The van der Waals surface area contributed by atoms with Crippen LogP contribution < -0.4 is 10.1 Å². The smallest absolute Gasteiger partial charge is 0.150 e. The molecule has 0 saturated carbocycles. The lowest BCUT2D eigenvalue weighted by atomic mass is 10.1. The van der Waals surface area contributed by atoms with Crippen molar-refractivity contribution in [3.63, 3.8) is 0 Å². The number of hydrogen-bond donors (Lipinski definition) is 1. The molecule has 0 radical (unpaired) electrons. The van der Waals surface area contributed by atoms with Gasteiger partial charge in [-0.05, 0) is 37.1 Å². The standard InChI is InChI=1S/C17H21NO/c1-3-14(4-2)18-16-12-8-9-13-17(16)19-15-10-6-5-7-11-15/h5-14,18H,3-4H2,1-2H3. The second-order valence-corrected chi connectivity index (χ2v) is 4.57. The molecule has 0 atom stereocenters. The molecule has 0 aliphatic heterocycles. The van der Waals surface area contributed by atoms with E-state index in [2.05, 4.69) is 25.2 Å². The van der Waals surface area contributed by atoms with Crippen LogP contribution in [-0.2, 0) is 0 Å². The van der Waals surface area contributed by atoms with Gasteiger partial charge in [-0.15, -0.1) is 0 Å². The van der Waals surface area contributed by atoms with Gasteiger partial charge in [0.25, 0.3) is 0 Å². The quantitative estimate of drug-likeness (QED) is 0.777. The summed E-state index contributed by atoms with van der Waals surface area (Å²) >= 11 is 0. The Kier molecular flexibility index (Phi) is 4.85. The zero-order chi connectivity index (χ0) is 13.5. The van der Waals surface area contributed by atoms with Gasteiger partial charge in [0, 0.05) is 6.04 Å². The molecule has 0 amide bonds. The lowest BCUT2D eigenvalue weighted by Gasteiger charge is -2.19. The fourth-order valence-electron chi connectivity index (χ4n) is 2.00. The summed E-state index contributed by atoms with van der Waals surface area (Å²) in [6, 6.07) is 18.5. The largest absolute Gasteiger partial charge is 0.455 e. The zero-order valence-corrected chi connectivity index (χ0v) is 11.6. The zero-order valence-electron chi connectivity index (χ0n) is 11.6. The Morgan fingerprint density at radius 2 is 1.53 bits per heavy atom. The monoisotopic (exact) mass is 255 g/mol. The highest BCUT2D eigenvalue weighted by Crippen LogP contribution is 2.30. The topological polar surface area (TPSA) is 21.3 Å². The van der Waals surface area contributed by atoms with Crippen molar-refractivity contribution in [1.82, 2.24) is 0 Å². The van der Waals surface area contributed by atoms with Crippen molar-refractivity contribution in [2.75, 3.05) is 5.32 Å². The normalized spacial score (nSPS) is 10.5. The minimum absolute atomic E-state index is 0.487. The molecule has 2 heteroatoms. The van der Waals surface area contributed by atoms with E-state index in [1.54, 1.807) is 0 Å². The number of rotatable bonds is 6. The first-order valence-electron chi connectivity index (χ1n) is 6.92. The van der Waals surface area contributed by atoms with Crippen LogP contribution in [0.2, 0.25) is 0 Å². The van der Waals surface area contributed by atoms with Crippen LogP contribution in [0.15, 0.2) is 54.6 Å². The summed E-state index contributed by atoms with van der Waals surface area (Å²) in [6.45, 7) is 4.39. The first kappa shape index (κ1) is 13.5. The van der Waals surface area contributed by atoms with Gasteiger partial charge in [0.1, 0.15) is 5.75 Å². The highest BCUT2D eigenvalue weighted by Gasteiger charge is 2.08. The van der Waals surface area contributed by atoms with Crippen molar-refractivity contribution >= 4 is 5.69 Å². The van der Waals surface area contributed by atoms with Crippen LogP contribution in [0.3, 0.4) is 0 Å². The second-order valence-electron chi connectivity index (χ2n) is 4.57. The summed E-state index contributed by atoms with van der Waals surface area (Å²) in [6.07, 6.45) is 2.21. The third-order valence-electron chi connectivity index (χ3n) is 3.20. The van der Waals surface area contributed by atoms with E-state index < -0.39 is 0 Å². The molecule has 19 heavy (non-hydrogen) atoms. The Labute approximate surface area is 115 Å². The third-order valence-corrected chi connectivity index (χ3v) is 3.20. The average molecular weight is 255 g/mol. The minimum atomic E-state index is 0.487. The van der Waals surface area contributed by atoms with Gasteiger partial charge in [0.2, 0.25) is 0 Å². The van der Waals surface area contributed by atoms with Crippen molar-refractivity contribution in [3.05, 3.63) is 54.6 Å². The summed E-state index contributed by atoms with van der Waals surface area (Å²) in [5.74, 6) is 1.74. The van der Waals surface area contributed by atoms with E-state index in [-0.39, 0.29) is 0 Å². The van der Waals surface area contributed by atoms with Crippen molar-refractivity contribution in [2.45, 2.75) is 32.7 Å². The van der Waals surface area contributed by atoms with E-state index in [0.29, 0.717) is 6.04 Å². The van der Waals surface area contributed by atoms with Gasteiger partial charge in [0.15, 0.2) is 5.75 Å². The van der Waals surface area contributed by atoms with Crippen LogP contribution in [0.25, 0.3) is 0 Å². The fraction of sp³-hybridized carbons (Fsp3) is 0.294. The Morgan fingerprint density at radius 3 is 2.21 bits per heavy atom. The molecule has 1 N–H and O–H groups in total. The Morgan fingerprint density at radius 1 is 0.895 bits per heavy atom. The Balaban J connectivity index is 2.16. The number of benzene rings is 2. The second kappa shape index (κ2) is 6.83. The first-order valence-corrected chi connectivity index (χ1v) is 6.92. The summed E-state index contributed by atoms with van der Waals surface area (Å²) < 4.78 is 5.94. The average Bonchev–Trinajstić information content (AvgIpc) is 2.47. The molecule has 2 aromatic carbocycles. The van der Waals surface area contributed by atoms with Gasteiger partial charge >= 0.3 is 0 Å². The van der Waals surface area contributed by atoms with Gasteiger partial charge in [-0.1, -0.05) is 44.2 Å². The van der Waals surface area contributed by atoms with Crippen molar-refractivity contribution in [1.29, 1.82) is 0 Å². The van der Waals surface area contributed by atoms with Crippen molar-refractivity contribution in [2.24, 2.45) is 0 Å². The summed E-state index contributed by atoms with van der Waals surface area (Å²) in [4.78, 5) is 0. The van der Waals surface area contributed by atoms with Crippen LogP contribution in [-0.4, -0.2) is 6.04 Å². The molecule has 0 aromatic heterocycles. The van der Waals surface area contributed by atoms with E-state index in [1.165, 1.54) is 0 Å². The molecule has 0 bridgehead atoms. The maximum atomic E-state index is 5.94. The first-order chi connectivity index (χ1) is 9.33. The van der Waals surface area contributed by atoms with Crippen LogP contribution in [0, 0.1) is 0 Å². The molecular weight excluding hydrogens is 234 g/mol. The molecule has 2 aromatic rings. The molecule has 0 unspecified atom stereocenters. The van der Waals surface area contributed by atoms with Crippen LogP contribution >= 0.6 is 0 Å². The summed E-state index contributed by atoms with van der Waals surface area (Å²) in [5, 5.41) is 3.54. The molecular formula is C17H21NO. The SMILES string of the molecule is CCC(CC)Nc1ccccc1Oc1ccccc1. The van der Waals surface area contributed by atoms with Crippen LogP contribution in [0.4, 0.5) is 5.69 Å². The van der Waals surface area contributed by atoms with E-state index in [0.717, 1.165) is 30.0 Å². The molecule has 2 nitrogen and oxygen atoms in total. The summed E-state index contributed by atoms with van der Waals surface area (Å²) in [5.41, 5.74) is 1.06. The van der Waals surface area contributed by atoms with Crippen molar-refractivity contribution in [3.8, 4) is 11.5 Å². The molecule has 2 rings (SSSR count). The number of ether oxygens (including phenoxy) is 1. The van der Waals surface area contributed by atoms with E-state index in [1.807, 2.05) is 48.5 Å². The van der Waals surface area contributed by atoms with Gasteiger partial charge in [0.05, 0.1) is 5.69 Å². The Hall–Kier alpha value is -1.96. The fourth-order valence-corrected chi connectivity index (χ4v) is 2.00. The Bertz CT molecular complexity index is 492. The molecule has 100 valence electrons. The highest BCUT2D eigenvalue weighted by atomic mass is 16.5. The van der Waals surface area contributed by atoms with Crippen LogP contribution in [0.1, 0.15) is 26.7 Å². The molecule has 0 saturated heterocycles. The van der Waals surface area contributed by atoms with E-state index in [9.17, 15) is 0 Å². The molecule has 0 aliphatic carbocycles. The molecule has 0 heterocycles. The maximum absolute atomic E-state index is 5.94. The molecule has 0 spiro atoms. The number of hydrogen-bond acceptors (Lipinski definition) is 2. The van der Waals surface area contributed by atoms with E-state index >= 15 is 0 Å². The lowest BCUT2D eigenvalue weighted by Crippen LogP contribution is -2.17. The number of anilines is 1. The predicted octanol–water partition coefficient (Wildman–Crippen LogP) is 5.08. The summed E-state index contributed by atoms with van der Waals surface area (Å²) in [7, 11) is 0. The lowest BCUT2D eigenvalue weighted by molar-refractivity contribution is 0.483. The highest BCUT2D eigenvalue weighted by molar-refractivity contribution is 5.58. The van der Waals surface area contributed by atoms with Gasteiger partial charge in [-0.25, -0.2) is 0 Å². The number of para-hydroxylation sites is 3. The molecule has 0 fully saturated rings. The molecule has 0 aliphatic rings. The minimum Gasteiger partial charge on any atom is -0.455 e.